The summed E-state index contributed by atoms with van der Waals surface area (Å²) in [5.41, 5.74) is 8.73. The van der Waals surface area contributed by atoms with E-state index in [4.69, 9.17) is 10.7 Å². The molecule has 1 unspecified atom stereocenters. The number of anilines is 1. The topological polar surface area (TPSA) is 91.1 Å². The number of nitrogens with two attached hydrogens (primary N) is 1. The summed E-state index contributed by atoms with van der Waals surface area (Å²) in [5, 5.41) is 0. The van der Waals surface area contributed by atoms with E-state index in [-0.39, 0.29) is 17.3 Å². The van der Waals surface area contributed by atoms with Crippen LogP contribution in [0.4, 0.5) is 5.95 Å². The molecule has 1 aliphatic rings. The van der Waals surface area contributed by atoms with Gasteiger partial charge in [-0.25, -0.2) is 4.79 Å². The van der Waals surface area contributed by atoms with Gasteiger partial charge in [-0.3, -0.25) is 13.9 Å². The first-order chi connectivity index (χ1) is 12.2. The molecule has 0 spiro atoms. The minimum atomic E-state index is -0.368. The van der Waals surface area contributed by atoms with Gasteiger partial charge in [0.05, 0.1) is 0 Å². The monoisotopic (exact) mass is 360 g/mol. The van der Waals surface area contributed by atoms with E-state index in [1.54, 1.807) is 7.05 Å². The molecular weight excluding hydrogens is 332 g/mol. The third-order valence-corrected chi connectivity index (χ3v) is 5.32. The summed E-state index contributed by atoms with van der Waals surface area (Å²) in [5.74, 6) is 0.717. The number of allylic oxidation sites excluding steroid dienone is 2. The van der Waals surface area contributed by atoms with Gasteiger partial charge in [-0.2, -0.15) is 4.98 Å². The fourth-order valence-corrected chi connectivity index (χ4v) is 3.41. The fourth-order valence-electron chi connectivity index (χ4n) is 3.41. The Bertz CT molecular complexity index is 990. The molecule has 2 aromatic rings. The molecule has 3 heterocycles. The Morgan fingerprint density at radius 3 is 2.50 bits per heavy atom. The lowest BCUT2D eigenvalue weighted by atomic mass is 10.1. The number of fused-ring (bicyclic) bond motifs is 1. The maximum absolute atomic E-state index is 12.9. The third-order valence-electron chi connectivity index (χ3n) is 5.32. The molecule has 0 amide bonds. The molecule has 0 radical (unpaired) electrons. The maximum atomic E-state index is 12.9. The zero-order valence-electron chi connectivity index (χ0n) is 16.2. The molecule has 1 atom stereocenters. The molecule has 0 aromatic carbocycles. The Kier molecular flexibility index (Phi) is 4.79. The molecule has 0 saturated carbocycles. The van der Waals surface area contributed by atoms with Crippen molar-refractivity contribution < 1.29 is 0 Å². The summed E-state index contributed by atoms with van der Waals surface area (Å²) in [4.78, 5) is 32.0. The van der Waals surface area contributed by atoms with E-state index >= 15 is 0 Å². The second-order valence-corrected chi connectivity index (χ2v) is 7.50. The van der Waals surface area contributed by atoms with Crippen molar-refractivity contribution in [2.24, 2.45) is 19.8 Å². The second kappa shape index (κ2) is 6.75. The van der Waals surface area contributed by atoms with Crippen LogP contribution in [0.1, 0.15) is 33.6 Å². The number of aryl methyl sites for hydroxylation is 1. The smallest absolute Gasteiger partial charge is 0.332 e. The van der Waals surface area contributed by atoms with Crippen molar-refractivity contribution in [1.29, 1.82) is 0 Å². The lowest BCUT2D eigenvalue weighted by Crippen LogP contribution is -2.44. The molecule has 1 aliphatic heterocycles. The van der Waals surface area contributed by atoms with Crippen molar-refractivity contribution in [1.82, 2.24) is 18.7 Å². The molecule has 142 valence electrons. The van der Waals surface area contributed by atoms with E-state index < -0.39 is 0 Å². The zero-order valence-corrected chi connectivity index (χ0v) is 16.2. The summed E-state index contributed by atoms with van der Waals surface area (Å²) >= 11 is 0. The van der Waals surface area contributed by atoms with Crippen molar-refractivity contribution >= 4 is 17.1 Å². The predicted molar refractivity (Wildman–Crippen MR) is 104 cm³/mol. The van der Waals surface area contributed by atoms with Gasteiger partial charge in [-0.1, -0.05) is 11.1 Å². The maximum Gasteiger partial charge on any atom is 0.332 e. The molecule has 8 heteroatoms. The fraction of sp³-hybridized carbons (Fsp3) is 0.611. The van der Waals surface area contributed by atoms with Gasteiger partial charge >= 0.3 is 5.69 Å². The molecule has 2 aromatic heterocycles. The normalized spacial score (nSPS) is 17.8. The van der Waals surface area contributed by atoms with Crippen LogP contribution in [-0.4, -0.2) is 37.8 Å². The van der Waals surface area contributed by atoms with Crippen LogP contribution in [0.3, 0.4) is 0 Å². The largest absolute Gasteiger partial charge is 0.341 e. The van der Waals surface area contributed by atoms with Crippen LogP contribution < -0.4 is 21.9 Å². The van der Waals surface area contributed by atoms with E-state index in [0.717, 1.165) is 24.0 Å². The highest BCUT2D eigenvalue weighted by Crippen LogP contribution is 2.24. The number of aromatic nitrogens is 4. The number of nitrogens with zero attached hydrogens (tertiary/aromatic N) is 5. The van der Waals surface area contributed by atoms with E-state index in [9.17, 15) is 9.59 Å². The second-order valence-electron chi connectivity index (χ2n) is 7.50. The Hall–Kier alpha value is -2.35. The lowest BCUT2D eigenvalue weighted by Gasteiger charge is -2.32. The first-order valence-electron chi connectivity index (χ1n) is 9.02. The van der Waals surface area contributed by atoms with Gasteiger partial charge < -0.3 is 15.2 Å². The van der Waals surface area contributed by atoms with Crippen molar-refractivity contribution in [3.63, 3.8) is 0 Å². The van der Waals surface area contributed by atoms with Crippen LogP contribution in [-0.2, 0) is 20.6 Å². The van der Waals surface area contributed by atoms with E-state index in [2.05, 4.69) is 25.7 Å². The Morgan fingerprint density at radius 2 is 1.88 bits per heavy atom. The Morgan fingerprint density at radius 1 is 1.19 bits per heavy atom. The van der Waals surface area contributed by atoms with Gasteiger partial charge in [-0.05, 0) is 33.6 Å². The van der Waals surface area contributed by atoms with E-state index in [1.165, 1.54) is 22.8 Å². The molecular formula is C18H28N6O2. The first-order valence-corrected chi connectivity index (χ1v) is 9.02. The minimum absolute atomic E-state index is 0.0909. The van der Waals surface area contributed by atoms with Crippen LogP contribution in [0.15, 0.2) is 20.7 Å². The van der Waals surface area contributed by atoms with E-state index in [1.807, 2.05) is 4.57 Å². The predicted octanol–water partition coefficient (Wildman–Crippen LogP) is 0.718. The average molecular weight is 360 g/mol. The number of rotatable bonds is 3. The van der Waals surface area contributed by atoms with Crippen LogP contribution in [0.5, 0.6) is 0 Å². The lowest BCUT2D eigenvalue weighted by molar-refractivity contribution is 0.495. The van der Waals surface area contributed by atoms with Crippen molar-refractivity contribution in [2.45, 2.75) is 46.2 Å². The van der Waals surface area contributed by atoms with Crippen molar-refractivity contribution in [2.75, 3.05) is 18.0 Å². The summed E-state index contributed by atoms with van der Waals surface area (Å²) < 4.78 is 4.53. The van der Waals surface area contributed by atoms with Crippen LogP contribution in [0.2, 0.25) is 0 Å². The number of hydrogen-bond acceptors (Lipinski definition) is 5. The first kappa shape index (κ1) is 18.4. The van der Waals surface area contributed by atoms with Crippen LogP contribution >= 0.6 is 0 Å². The molecule has 0 aliphatic carbocycles. The number of piperidine rings is 1. The minimum Gasteiger partial charge on any atom is -0.341 e. The zero-order chi connectivity index (χ0) is 19.2. The van der Waals surface area contributed by atoms with Gasteiger partial charge in [0.25, 0.3) is 5.56 Å². The highest BCUT2D eigenvalue weighted by molar-refractivity contribution is 5.74. The summed E-state index contributed by atoms with van der Waals surface area (Å²) in [6, 6.07) is 0.0909. The van der Waals surface area contributed by atoms with Gasteiger partial charge in [0, 0.05) is 39.8 Å². The summed E-state index contributed by atoms with van der Waals surface area (Å²) in [7, 11) is 3.16. The summed E-state index contributed by atoms with van der Waals surface area (Å²) in [6.07, 6.45) is 1.98. The number of imidazole rings is 1. The van der Waals surface area contributed by atoms with Gasteiger partial charge in [0.2, 0.25) is 5.95 Å². The molecule has 2 N–H and O–H groups in total. The SMILES string of the molecule is CC(C)=C(C)Cn1c(N2CCCC(N)C2)nc2c1c(=O)n(C)c(=O)n2C. The Balaban J connectivity index is 2.31. The summed E-state index contributed by atoms with van der Waals surface area (Å²) in [6.45, 7) is 8.27. The highest BCUT2D eigenvalue weighted by Gasteiger charge is 2.25. The van der Waals surface area contributed by atoms with Crippen LogP contribution in [0.25, 0.3) is 11.2 Å². The average Bonchev–Trinajstić information content (AvgIpc) is 2.97. The van der Waals surface area contributed by atoms with Crippen molar-refractivity contribution in [3.05, 3.63) is 32.0 Å². The van der Waals surface area contributed by atoms with Gasteiger partial charge in [0.15, 0.2) is 11.2 Å². The molecule has 0 bridgehead atoms. The molecule has 8 nitrogen and oxygen atoms in total. The van der Waals surface area contributed by atoms with E-state index in [0.29, 0.717) is 30.2 Å². The Labute approximate surface area is 152 Å². The highest BCUT2D eigenvalue weighted by atomic mass is 16.2. The molecule has 3 rings (SSSR count). The van der Waals surface area contributed by atoms with Gasteiger partial charge in [-0.15, -0.1) is 0 Å². The molecule has 1 fully saturated rings. The molecule has 26 heavy (non-hydrogen) atoms. The van der Waals surface area contributed by atoms with Crippen LogP contribution in [0, 0.1) is 0 Å². The van der Waals surface area contributed by atoms with Crippen molar-refractivity contribution in [3.8, 4) is 0 Å². The molecule has 1 saturated heterocycles. The standard InChI is InChI=1S/C18H28N6O2/c1-11(2)12(3)9-24-14-15(21(4)18(26)22(5)16(14)25)20-17(24)23-8-6-7-13(19)10-23/h13H,6-10,19H2,1-5H3. The third kappa shape index (κ3) is 2.98. The van der Waals surface area contributed by atoms with Gasteiger partial charge in [0.1, 0.15) is 0 Å². The quantitative estimate of drug-likeness (QED) is 0.815. The number of hydrogen-bond donors (Lipinski definition) is 1.